The number of unbranched alkanes of at least 4 members (excludes halogenated alkanes) is 1. The van der Waals surface area contributed by atoms with Gasteiger partial charge >= 0.3 is 5.97 Å². The monoisotopic (exact) mass is 450 g/mol. The van der Waals surface area contributed by atoms with E-state index in [2.05, 4.69) is 47.9 Å². The van der Waals surface area contributed by atoms with Crippen molar-refractivity contribution in [3.8, 4) is 11.1 Å². The first-order valence-electron chi connectivity index (χ1n) is 11.8. The molecule has 172 valence electrons. The Bertz CT molecular complexity index is 1260. The Hall–Kier alpha value is -3.92. The SMILES string of the molecule is CCCCc1ncc(C=C(Cc2ccccc2)C(=O)O)n1Cc1ccccc1-c1ccccc1. The van der Waals surface area contributed by atoms with Crippen LogP contribution in [0.5, 0.6) is 0 Å². The highest BCUT2D eigenvalue weighted by molar-refractivity contribution is 5.92. The van der Waals surface area contributed by atoms with Crippen LogP contribution in [0.3, 0.4) is 0 Å². The minimum atomic E-state index is -0.906. The number of carboxylic acids is 1. The first kappa shape index (κ1) is 23.2. The number of carboxylic acid groups (broad SMARTS) is 1. The number of nitrogens with zero attached hydrogens (tertiary/aromatic N) is 2. The highest BCUT2D eigenvalue weighted by Crippen LogP contribution is 2.26. The Morgan fingerprint density at radius 3 is 2.32 bits per heavy atom. The van der Waals surface area contributed by atoms with Crippen LogP contribution in [0.1, 0.15) is 42.4 Å². The van der Waals surface area contributed by atoms with Crippen LogP contribution in [0.2, 0.25) is 0 Å². The van der Waals surface area contributed by atoms with Gasteiger partial charge in [-0.25, -0.2) is 9.78 Å². The molecule has 0 aliphatic rings. The van der Waals surface area contributed by atoms with Gasteiger partial charge in [-0.05, 0) is 34.8 Å². The molecule has 1 N–H and O–H groups in total. The molecule has 0 atom stereocenters. The molecule has 3 aromatic carbocycles. The lowest BCUT2D eigenvalue weighted by molar-refractivity contribution is -0.132. The second kappa shape index (κ2) is 11.3. The molecule has 1 aromatic heterocycles. The van der Waals surface area contributed by atoms with E-state index in [1.807, 2.05) is 54.7 Å². The van der Waals surface area contributed by atoms with Crippen molar-refractivity contribution < 1.29 is 9.90 Å². The van der Waals surface area contributed by atoms with Crippen LogP contribution in [-0.4, -0.2) is 20.6 Å². The van der Waals surface area contributed by atoms with Gasteiger partial charge in [-0.2, -0.15) is 0 Å². The summed E-state index contributed by atoms with van der Waals surface area (Å²) in [7, 11) is 0. The molecule has 0 fully saturated rings. The largest absolute Gasteiger partial charge is 0.478 e. The maximum Gasteiger partial charge on any atom is 0.331 e. The van der Waals surface area contributed by atoms with Crippen molar-refractivity contribution in [1.82, 2.24) is 9.55 Å². The Morgan fingerprint density at radius 2 is 1.62 bits per heavy atom. The molecule has 0 spiro atoms. The molecule has 4 aromatic rings. The van der Waals surface area contributed by atoms with Crippen LogP contribution in [0.15, 0.2) is 96.7 Å². The van der Waals surface area contributed by atoms with Crippen molar-refractivity contribution in [2.45, 2.75) is 39.2 Å². The van der Waals surface area contributed by atoms with E-state index in [9.17, 15) is 9.90 Å². The van der Waals surface area contributed by atoms with Crippen LogP contribution >= 0.6 is 0 Å². The van der Waals surface area contributed by atoms with Gasteiger partial charge in [0.1, 0.15) is 5.82 Å². The fourth-order valence-electron chi connectivity index (χ4n) is 4.17. The van der Waals surface area contributed by atoms with Gasteiger partial charge in [0.2, 0.25) is 0 Å². The maximum absolute atomic E-state index is 12.1. The molecule has 4 heteroatoms. The lowest BCUT2D eigenvalue weighted by Gasteiger charge is -2.15. The number of aryl methyl sites for hydroxylation is 1. The minimum Gasteiger partial charge on any atom is -0.478 e. The van der Waals surface area contributed by atoms with Gasteiger partial charge in [-0.3, -0.25) is 0 Å². The zero-order valence-electron chi connectivity index (χ0n) is 19.5. The second-order valence-corrected chi connectivity index (χ2v) is 8.45. The van der Waals surface area contributed by atoms with E-state index >= 15 is 0 Å². The molecule has 0 saturated heterocycles. The quantitative estimate of drug-likeness (QED) is 0.275. The summed E-state index contributed by atoms with van der Waals surface area (Å²) in [6.07, 6.45) is 6.93. The maximum atomic E-state index is 12.1. The summed E-state index contributed by atoms with van der Waals surface area (Å²) in [5.41, 5.74) is 5.67. The minimum absolute atomic E-state index is 0.353. The molecule has 0 radical (unpaired) electrons. The van der Waals surface area contributed by atoms with Gasteiger partial charge < -0.3 is 9.67 Å². The van der Waals surface area contributed by atoms with Gasteiger partial charge in [0.25, 0.3) is 0 Å². The summed E-state index contributed by atoms with van der Waals surface area (Å²) in [5, 5.41) is 9.92. The Kier molecular flexibility index (Phi) is 7.71. The zero-order valence-corrected chi connectivity index (χ0v) is 19.5. The molecule has 0 saturated carbocycles. The van der Waals surface area contributed by atoms with Crippen molar-refractivity contribution >= 4 is 12.0 Å². The molecule has 0 aliphatic carbocycles. The third-order valence-corrected chi connectivity index (χ3v) is 5.99. The number of rotatable bonds is 10. The van der Waals surface area contributed by atoms with Gasteiger partial charge in [0, 0.05) is 25.0 Å². The van der Waals surface area contributed by atoms with Crippen molar-refractivity contribution in [1.29, 1.82) is 0 Å². The van der Waals surface area contributed by atoms with E-state index < -0.39 is 5.97 Å². The second-order valence-electron chi connectivity index (χ2n) is 8.45. The van der Waals surface area contributed by atoms with Crippen LogP contribution in [0, 0.1) is 0 Å². The Morgan fingerprint density at radius 1 is 0.941 bits per heavy atom. The third-order valence-electron chi connectivity index (χ3n) is 5.99. The fraction of sp³-hybridized carbons (Fsp3) is 0.200. The van der Waals surface area contributed by atoms with Crippen LogP contribution < -0.4 is 0 Å². The Labute approximate surface area is 201 Å². The van der Waals surface area contributed by atoms with E-state index in [4.69, 9.17) is 4.98 Å². The molecule has 0 unspecified atom stereocenters. The highest BCUT2D eigenvalue weighted by Gasteiger charge is 2.15. The van der Waals surface area contributed by atoms with Gasteiger partial charge in [-0.1, -0.05) is 98.3 Å². The molecule has 4 nitrogen and oxygen atoms in total. The number of hydrogen-bond acceptors (Lipinski definition) is 2. The first-order valence-corrected chi connectivity index (χ1v) is 11.8. The molecule has 0 bridgehead atoms. The Balaban J connectivity index is 1.74. The number of carbonyl (C=O) groups is 1. The number of hydrogen-bond donors (Lipinski definition) is 1. The zero-order chi connectivity index (χ0) is 23.8. The predicted octanol–water partition coefficient (Wildman–Crippen LogP) is 6.65. The standard InChI is InChI=1S/C30H30N2O2/c1-2-3-18-29-31-21-27(20-26(30(33)34)19-23-12-6-4-7-13-23)32(29)22-25-16-10-11-17-28(25)24-14-8-5-9-15-24/h4-17,20-21H,2-3,18-19,22H2,1H3,(H,33,34). The smallest absolute Gasteiger partial charge is 0.331 e. The van der Waals surface area contributed by atoms with E-state index in [1.54, 1.807) is 6.08 Å². The van der Waals surface area contributed by atoms with E-state index in [-0.39, 0.29) is 0 Å². The lowest BCUT2D eigenvalue weighted by atomic mass is 9.99. The normalized spacial score (nSPS) is 11.5. The van der Waals surface area contributed by atoms with Crippen molar-refractivity contribution in [2.24, 2.45) is 0 Å². The molecular formula is C30H30N2O2. The van der Waals surface area contributed by atoms with Crippen molar-refractivity contribution in [3.05, 3.63) is 119 Å². The summed E-state index contributed by atoms with van der Waals surface area (Å²) in [5.74, 6) is 0.0804. The van der Waals surface area contributed by atoms with Crippen molar-refractivity contribution in [2.75, 3.05) is 0 Å². The van der Waals surface area contributed by atoms with E-state index in [0.29, 0.717) is 18.5 Å². The number of aliphatic carboxylic acids is 1. The first-order chi connectivity index (χ1) is 16.7. The summed E-state index contributed by atoms with van der Waals surface area (Å²) in [4.78, 5) is 16.8. The summed E-state index contributed by atoms with van der Waals surface area (Å²) in [6.45, 7) is 2.80. The molecule has 0 aliphatic heterocycles. The number of aromatic nitrogens is 2. The average Bonchev–Trinajstić information content (AvgIpc) is 3.24. The summed E-state index contributed by atoms with van der Waals surface area (Å²) >= 11 is 0. The highest BCUT2D eigenvalue weighted by atomic mass is 16.4. The molecular weight excluding hydrogens is 420 g/mol. The van der Waals surface area contributed by atoms with Crippen LogP contribution in [0.4, 0.5) is 0 Å². The topological polar surface area (TPSA) is 55.1 Å². The molecule has 34 heavy (non-hydrogen) atoms. The molecule has 0 amide bonds. The predicted molar refractivity (Wildman–Crippen MR) is 138 cm³/mol. The molecule has 1 heterocycles. The van der Waals surface area contributed by atoms with Crippen LogP contribution in [-0.2, 0) is 24.2 Å². The van der Waals surface area contributed by atoms with Gasteiger partial charge in [0.15, 0.2) is 0 Å². The van der Waals surface area contributed by atoms with E-state index in [1.165, 1.54) is 16.7 Å². The average molecular weight is 451 g/mol. The van der Waals surface area contributed by atoms with E-state index in [0.717, 1.165) is 36.3 Å². The van der Waals surface area contributed by atoms with Crippen molar-refractivity contribution in [3.63, 3.8) is 0 Å². The number of benzene rings is 3. The molecule has 4 rings (SSSR count). The van der Waals surface area contributed by atoms with Gasteiger partial charge in [0.05, 0.1) is 11.9 Å². The van der Waals surface area contributed by atoms with Crippen LogP contribution in [0.25, 0.3) is 17.2 Å². The van der Waals surface area contributed by atoms with Gasteiger partial charge in [-0.15, -0.1) is 0 Å². The summed E-state index contributed by atoms with van der Waals surface area (Å²) < 4.78 is 2.17. The third kappa shape index (κ3) is 5.70. The fourth-order valence-corrected chi connectivity index (χ4v) is 4.17. The summed E-state index contributed by atoms with van der Waals surface area (Å²) in [6, 6.07) is 28.5. The number of imidazole rings is 1. The lowest BCUT2D eigenvalue weighted by Crippen LogP contribution is -2.10.